The van der Waals surface area contributed by atoms with Crippen LogP contribution >= 0.6 is 23.4 Å². The van der Waals surface area contributed by atoms with Crippen LogP contribution in [0.5, 0.6) is 0 Å². The molecule has 1 aromatic heterocycles. The number of nitrogens with one attached hydrogen (secondary N) is 1. The molecule has 0 aliphatic carbocycles. The second-order valence-corrected chi connectivity index (χ2v) is 6.39. The minimum Gasteiger partial charge on any atom is -0.383 e. The van der Waals surface area contributed by atoms with Crippen LogP contribution in [-0.4, -0.2) is 39.6 Å². The largest absolute Gasteiger partial charge is 0.383 e. The molecule has 0 saturated carbocycles. The number of carbonyl (C=O) groups excluding carboxylic acids is 1. The Morgan fingerprint density at radius 3 is 3.04 bits per heavy atom. The van der Waals surface area contributed by atoms with Crippen molar-refractivity contribution < 1.29 is 13.9 Å². The number of halogens is 2. The van der Waals surface area contributed by atoms with Crippen LogP contribution in [0, 0.1) is 5.82 Å². The smallest absolute Gasteiger partial charge is 0.237 e. The monoisotopic (exact) mass is 358 g/mol. The van der Waals surface area contributed by atoms with Gasteiger partial charge >= 0.3 is 0 Å². The predicted molar refractivity (Wildman–Crippen MR) is 87.3 cm³/mol. The van der Waals surface area contributed by atoms with E-state index in [4.69, 9.17) is 16.3 Å². The van der Waals surface area contributed by atoms with Crippen LogP contribution in [0.2, 0.25) is 5.02 Å². The molecule has 0 saturated heterocycles. The lowest BCUT2D eigenvalue weighted by Gasteiger charge is -2.12. The Labute approximate surface area is 142 Å². The highest BCUT2D eigenvalue weighted by Gasteiger charge is 2.18. The Hall–Kier alpha value is -1.64. The van der Waals surface area contributed by atoms with Gasteiger partial charge in [0.05, 0.1) is 16.9 Å². The molecule has 2 aromatic rings. The van der Waals surface area contributed by atoms with Crippen LogP contribution in [0.4, 0.5) is 10.1 Å². The molecule has 124 valence electrons. The van der Waals surface area contributed by atoms with Gasteiger partial charge in [-0.3, -0.25) is 4.79 Å². The Kier molecular flexibility index (Phi) is 6.37. The number of hydrogen-bond acceptors (Lipinski definition) is 5. The Bertz CT molecular complexity index is 683. The van der Waals surface area contributed by atoms with Crippen molar-refractivity contribution in [3.63, 3.8) is 0 Å². The molecule has 0 fully saturated rings. The molecule has 0 spiro atoms. The van der Waals surface area contributed by atoms with Gasteiger partial charge < -0.3 is 14.6 Å². The van der Waals surface area contributed by atoms with Gasteiger partial charge in [-0.05, 0) is 25.1 Å². The van der Waals surface area contributed by atoms with Gasteiger partial charge in [0.1, 0.15) is 12.1 Å². The topological polar surface area (TPSA) is 69.0 Å². The standard InChI is InChI=1S/C14H16ClFN4O2S/c1-9(23-14-19-17-8-20(14)5-6-22-2)13(21)18-10-3-4-12(16)11(15)7-10/h3-4,7-9H,5-6H2,1-2H3,(H,18,21). The highest BCUT2D eigenvalue weighted by atomic mass is 35.5. The van der Waals surface area contributed by atoms with Crippen LogP contribution < -0.4 is 5.32 Å². The highest BCUT2D eigenvalue weighted by molar-refractivity contribution is 8.00. The van der Waals surface area contributed by atoms with Crippen LogP contribution in [0.15, 0.2) is 29.7 Å². The SMILES string of the molecule is COCCn1cnnc1SC(C)C(=O)Nc1ccc(F)c(Cl)c1. The van der Waals surface area contributed by atoms with E-state index in [2.05, 4.69) is 15.5 Å². The van der Waals surface area contributed by atoms with Crippen molar-refractivity contribution in [2.24, 2.45) is 0 Å². The summed E-state index contributed by atoms with van der Waals surface area (Å²) in [5.74, 6) is -0.766. The van der Waals surface area contributed by atoms with Crippen molar-refractivity contribution in [3.05, 3.63) is 35.4 Å². The summed E-state index contributed by atoms with van der Waals surface area (Å²) in [5, 5.41) is 10.7. The first-order chi connectivity index (χ1) is 11.0. The fourth-order valence-electron chi connectivity index (χ4n) is 1.71. The Morgan fingerprint density at radius 2 is 2.35 bits per heavy atom. The highest BCUT2D eigenvalue weighted by Crippen LogP contribution is 2.24. The number of nitrogens with zero attached hydrogens (tertiary/aromatic N) is 3. The molecular weight excluding hydrogens is 343 g/mol. The third-order valence-corrected chi connectivity index (χ3v) is 4.34. The van der Waals surface area contributed by atoms with E-state index in [9.17, 15) is 9.18 Å². The van der Waals surface area contributed by atoms with Crippen molar-refractivity contribution in [1.82, 2.24) is 14.8 Å². The molecule has 9 heteroatoms. The maximum absolute atomic E-state index is 13.1. The summed E-state index contributed by atoms with van der Waals surface area (Å²) < 4.78 is 19.9. The van der Waals surface area contributed by atoms with Gasteiger partial charge in [-0.1, -0.05) is 23.4 Å². The van der Waals surface area contributed by atoms with Gasteiger partial charge in [-0.2, -0.15) is 0 Å². The van der Waals surface area contributed by atoms with Gasteiger partial charge in [-0.25, -0.2) is 4.39 Å². The zero-order valence-corrected chi connectivity index (χ0v) is 14.2. The predicted octanol–water partition coefficient (Wildman–Crippen LogP) is 2.84. The maximum atomic E-state index is 13.1. The summed E-state index contributed by atoms with van der Waals surface area (Å²) >= 11 is 6.97. The van der Waals surface area contributed by atoms with E-state index in [0.29, 0.717) is 24.0 Å². The van der Waals surface area contributed by atoms with Crippen molar-refractivity contribution in [2.45, 2.75) is 23.9 Å². The van der Waals surface area contributed by atoms with E-state index < -0.39 is 11.1 Å². The molecule has 1 amide bonds. The first-order valence-electron chi connectivity index (χ1n) is 6.80. The molecule has 1 heterocycles. The lowest BCUT2D eigenvalue weighted by atomic mass is 10.3. The molecule has 1 unspecified atom stereocenters. The summed E-state index contributed by atoms with van der Waals surface area (Å²) in [5.41, 5.74) is 0.440. The third kappa shape index (κ3) is 4.92. The number of carbonyl (C=O) groups is 1. The number of amides is 1. The fourth-order valence-corrected chi connectivity index (χ4v) is 2.74. The maximum Gasteiger partial charge on any atom is 0.237 e. The summed E-state index contributed by atoms with van der Waals surface area (Å²) in [7, 11) is 1.61. The van der Waals surface area contributed by atoms with Crippen molar-refractivity contribution in [1.29, 1.82) is 0 Å². The third-order valence-electron chi connectivity index (χ3n) is 2.95. The number of benzene rings is 1. The van der Waals surface area contributed by atoms with Crippen molar-refractivity contribution >= 4 is 35.0 Å². The molecule has 0 aliphatic heterocycles. The van der Waals surface area contributed by atoms with E-state index >= 15 is 0 Å². The van der Waals surface area contributed by atoms with Crippen molar-refractivity contribution in [3.8, 4) is 0 Å². The van der Waals surface area contributed by atoms with Crippen LogP contribution in [0.25, 0.3) is 0 Å². The number of rotatable bonds is 7. The summed E-state index contributed by atoms with van der Waals surface area (Å²) in [6.45, 7) is 2.88. The number of ether oxygens (including phenoxy) is 1. The molecular formula is C14H16ClFN4O2S. The summed E-state index contributed by atoms with van der Waals surface area (Å²) in [6.07, 6.45) is 1.59. The minimum atomic E-state index is -0.529. The molecule has 0 bridgehead atoms. The van der Waals surface area contributed by atoms with E-state index in [1.165, 1.54) is 30.0 Å². The van der Waals surface area contributed by atoms with Gasteiger partial charge in [0.2, 0.25) is 5.91 Å². The van der Waals surface area contributed by atoms with E-state index in [-0.39, 0.29) is 10.9 Å². The average molecular weight is 359 g/mol. The number of hydrogen-bond donors (Lipinski definition) is 1. The second kappa shape index (κ2) is 8.28. The minimum absolute atomic E-state index is 0.0394. The summed E-state index contributed by atoms with van der Waals surface area (Å²) in [4.78, 5) is 12.2. The first-order valence-corrected chi connectivity index (χ1v) is 8.06. The average Bonchev–Trinajstić information content (AvgIpc) is 2.96. The fraction of sp³-hybridized carbons (Fsp3) is 0.357. The van der Waals surface area contributed by atoms with Crippen molar-refractivity contribution in [2.75, 3.05) is 19.0 Å². The molecule has 1 atom stereocenters. The van der Waals surface area contributed by atoms with Crippen LogP contribution in [-0.2, 0) is 16.1 Å². The van der Waals surface area contributed by atoms with E-state index in [1.807, 2.05) is 4.57 Å². The normalized spacial score (nSPS) is 12.2. The number of thioether (sulfide) groups is 1. The number of methoxy groups -OCH3 is 1. The Morgan fingerprint density at radius 1 is 1.57 bits per heavy atom. The zero-order valence-electron chi connectivity index (χ0n) is 12.6. The van der Waals surface area contributed by atoms with E-state index in [0.717, 1.165) is 0 Å². The molecule has 0 aliphatic rings. The second-order valence-electron chi connectivity index (χ2n) is 4.68. The lowest BCUT2D eigenvalue weighted by molar-refractivity contribution is -0.115. The lowest BCUT2D eigenvalue weighted by Crippen LogP contribution is -2.23. The molecule has 23 heavy (non-hydrogen) atoms. The van der Waals surface area contributed by atoms with Gasteiger partial charge in [0.25, 0.3) is 0 Å². The first kappa shape index (κ1) is 17.7. The van der Waals surface area contributed by atoms with Crippen LogP contribution in [0.1, 0.15) is 6.92 Å². The number of anilines is 1. The van der Waals surface area contributed by atoms with Gasteiger partial charge in [0.15, 0.2) is 5.16 Å². The van der Waals surface area contributed by atoms with Gasteiger partial charge in [0, 0.05) is 19.3 Å². The summed E-state index contributed by atoms with van der Waals surface area (Å²) in [6, 6.07) is 4.03. The van der Waals surface area contributed by atoms with Gasteiger partial charge in [-0.15, -0.1) is 10.2 Å². The molecule has 1 N–H and O–H groups in total. The molecule has 1 aromatic carbocycles. The zero-order chi connectivity index (χ0) is 16.8. The molecule has 2 rings (SSSR count). The Balaban J connectivity index is 1.97. The van der Waals surface area contributed by atoms with Crippen LogP contribution in [0.3, 0.4) is 0 Å². The molecule has 6 nitrogen and oxygen atoms in total. The quantitative estimate of drug-likeness (QED) is 0.771. The molecule has 0 radical (unpaired) electrons. The number of aromatic nitrogens is 3. The van der Waals surface area contributed by atoms with E-state index in [1.54, 1.807) is 20.4 Å².